The van der Waals surface area contributed by atoms with Crippen molar-refractivity contribution in [2.75, 3.05) is 18.4 Å². The minimum Gasteiger partial charge on any atom is -0.321 e. The fourth-order valence-electron chi connectivity index (χ4n) is 3.00. The maximum atomic E-state index is 12.5. The summed E-state index contributed by atoms with van der Waals surface area (Å²) in [6.07, 6.45) is 4.12. The minimum atomic E-state index is -0.187. The highest BCUT2D eigenvalue weighted by Gasteiger charge is 2.17. The van der Waals surface area contributed by atoms with Gasteiger partial charge in [0.2, 0.25) is 0 Å². The van der Waals surface area contributed by atoms with Gasteiger partial charge in [0.05, 0.1) is 6.04 Å². The second-order valence-electron chi connectivity index (χ2n) is 6.52. The molecule has 1 atom stereocenters. The largest absolute Gasteiger partial charge is 0.321 e. The van der Waals surface area contributed by atoms with Gasteiger partial charge in [-0.25, -0.2) is 4.98 Å². The summed E-state index contributed by atoms with van der Waals surface area (Å²) in [6.45, 7) is 3.95. The van der Waals surface area contributed by atoms with Crippen LogP contribution in [0.15, 0.2) is 51.1 Å². The first-order valence-electron chi connectivity index (χ1n) is 8.95. The van der Waals surface area contributed by atoms with Crippen LogP contribution in [0.5, 0.6) is 0 Å². The lowest BCUT2D eigenvalue weighted by molar-refractivity contribution is 0.102. The predicted octanol–water partition coefficient (Wildman–Crippen LogP) is 4.40. The number of nitrogens with zero attached hydrogens (tertiary/aromatic N) is 3. The molecule has 1 unspecified atom stereocenters. The summed E-state index contributed by atoms with van der Waals surface area (Å²) in [7, 11) is 0. The molecular weight excluding hydrogens is 414 g/mol. The number of benzene rings is 1. The number of aryl methyl sites for hydroxylation is 1. The van der Waals surface area contributed by atoms with Gasteiger partial charge in [-0.05, 0) is 56.6 Å². The molecule has 1 amide bonds. The van der Waals surface area contributed by atoms with Crippen LogP contribution in [-0.4, -0.2) is 33.8 Å². The van der Waals surface area contributed by atoms with Gasteiger partial charge in [-0.15, -0.1) is 23.7 Å². The van der Waals surface area contributed by atoms with Crippen molar-refractivity contribution in [3.05, 3.63) is 53.3 Å². The van der Waals surface area contributed by atoms with Crippen molar-refractivity contribution in [3.63, 3.8) is 0 Å². The first kappa shape index (κ1) is 20.9. The Balaban J connectivity index is 0.00000225. The van der Waals surface area contributed by atoms with E-state index in [1.165, 1.54) is 0 Å². The molecule has 1 aliphatic heterocycles. The Kier molecular flexibility index (Phi) is 7.12. The van der Waals surface area contributed by atoms with E-state index in [0.717, 1.165) is 46.5 Å². The van der Waals surface area contributed by atoms with Gasteiger partial charge in [-0.2, -0.15) is 5.10 Å². The molecule has 6 nitrogen and oxygen atoms in total. The number of amides is 1. The topological polar surface area (TPSA) is 71.8 Å². The molecule has 0 saturated carbocycles. The molecule has 28 heavy (non-hydrogen) atoms. The van der Waals surface area contributed by atoms with Crippen LogP contribution in [0.2, 0.25) is 0 Å². The molecule has 4 rings (SSSR count). The standard InChI is InChI=1S/C19H21N5OS2.ClH/c1-13-12-26-19(21-13)27-16-6-4-14(5-7-16)22-18(25)17-8-10-24(23-17)15-3-2-9-20-11-15;/h4-8,10,12,15,20H,2-3,9,11H2,1H3,(H,22,25);1H. The number of thiazole rings is 1. The molecule has 1 fully saturated rings. The summed E-state index contributed by atoms with van der Waals surface area (Å²) in [5, 5.41) is 12.8. The van der Waals surface area contributed by atoms with Gasteiger partial charge in [0, 0.05) is 34.4 Å². The number of anilines is 1. The summed E-state index contributed by atoms with van der Waals surface area (Å²) in [5.74, 6) is -0.187. The zero-order valence-electron chi connectivity index (χ0n) is 15.4. The lowest BCUT2D eigenvalue weighted by Crippen LogP contribution is -2.32. The van der Waals surface area contributed by atoms with Crippen LogP contribution in [0.25, 0.3) is 0 Å². The van der Waals surface area contributed by atoms with E-state index in [-0.39, 0.29) is 18.3 Å². The number of halogens is 1. The number of nitrogens with one attached hydrogen (secondary N) is 2. The van der Waals surface area contributed by atoms with Crippen LogP contribution >= 0.6 is 35.5 Å². The molecular formula is C19H22ClN5OS2. The van der Waals surface area contributed by atoms with Gasteiger partial charge >= 0.3 is 0 Å². The zero-order chi connectivity index (χ0) is 18.6. The quantitative estimate of drug-likeness (QED) is 0.621. The van der Waals surface area contributed by atoms with Gasteiger partial charge in [0.1, 0.15) is 0 Å². The van der Waals surface area contributed by atoms with E-state index in [0.29, 0.717) is 11.7 Å². The van der Waals surface area contributed by atoms with Crippen LogP contribution < -0.4 is 10.6 Å². The van der Waals surface area contributed by atoms with E-state index in [9.17, 15) is 4.79 Å². The van der Waals surface area contributed by atoms with Gasteiger partial charge in [-0.1, -0.05) is 11.8 Å². The van der Waals surface area contributed by atoms with E-state index in [1.54, 1.807) is 29.2 Å². The molecule has 0 bridgehead atoms. The summed E-state index contributed by atoms with van der Waals surface area (Å²) in [4.78, 5) is 18.0. The second kappa shape index (κ2) is 9.56. The van der Waals surface area contributed by atoms with Crippen molar-refractivity contribution in [1.82, 2.24) is 20.1 Å². The number of carbonyl (C=O) groups excluding carboxylic acids is 1. The normalized spacial score (nSPS) is 16.4. The maximum Gasteiger partial charge on any atom is 0.276 e. The van der Waals surface area contributed by atoms with Gasteiger partial charge in [-0.3, -0.25) is 9.48 Å². The van der Waals surface area contributed by atoms with Gasteiger partial charge in [0.25, 0.3) is 5.91 Å². The number of aromatic nitrogens is 3. The van der Waals surface area contributed by atoms with E-state index in [4.69, 9.17) is 0 Å². The van der Waals surface area contributed by atoms with E-state index >= 15 is 0 Å². The molecule has 2 aromatic heterocycles. The number of rotatable bonds is 5. The Labute approximate surface area is 178 Å². The Morgan fingerprint density at radius 3 is 2.82 bits per heavy atom. The third-order valence-electron chi connectivity index (χ3n) is 4.40. The van der Waals surface area contributed by atoms with Crippen LogP contribution in [0.1, 0.15) is 35.1 Å². The highest BCUT2D eigenvalue weighted by Crippen LogP contribution is 2.30. The van der Waals surface area contributed by atoms with Crippen molar-refractivity contribution in [3.8, 4) is 0 Å². The Morgan fingerprint density at radius 2 is 2.14 bits per heavy atom. The van der Waals surface area contributed by atoms with Crippen molar-refractivity contribution in [2.24, 2.45) is 0 Å². The smallest absolute Gasteiger partial charge is 0.276 e. The average molecular weight is 436 g/mol. The number of piperidine rings is 1. The summed E-state index contributed by atoms with van der Waals surface area (Å²) in [6, 6.07) is 9.89. The summed E-state index contributed by atoms with van der Waals surface area (Å²) in [5.41, 5.74) is 2.24. The van der Waals surface area contributed by atoms with Crippen LogP contribution in [0.4, 0.5) is 5.69 Å². The lowest BCUT2D eigenvalue weighted by Gasteiger charge is -2.22. The SMILES string of the molecule is Cc1csc(Sc2ccc(NC(=O)c3ccn(C4CCCNC4)n3)cc2)n1.Cl. The fraction of sp³-hybridized carbons (Fsp3) is 0.316. The molecule has 1 aliphatic rings. The number of hydrogen-bond donors (Lipinski definition) is 2. The molecule has 0 aliphatic carbocycles. The molecule has 0 spiro atoms. The van der Waals surface area contributed by atoms with Crippen molar-refractivity contribution in [1.29, 1.82) is 0 Å². The van der Waals surface area contributed by atoms with Crippen molar-refractivity contribution in [2.45, 2.75) is 35.0 Å². The Hall–Kier alpha value is -1.87. The maximum absolute atomic E-state index is 12.5. The zero-order valence-corrected chi connectivity index (χ0v) is 17.9. The molecule has 0 radical (unpaired) electrons. The Morgan fingerprint density at radius 1 is 1.32 bits per heavy atom. The third kappa shape index (κ3) is 5.14. The fourth-order valence-corrected chi connectivity index (χ4v) is 4.81. The lowest BCUT2D eigenvalue weighted by atomic mass is 10.1. The van der Waals surface area contributed by atoms with E-state index < -0.39 is 0 Å². The second-order valence-corrected chi connectivity index (χ2v) is 8.70. The highest BCUT2D eigenvalue weighted by molar-refractivity contribution is 8.01. The highest BCUT2D eigenvalue weighted by atomic mass is 35.5. The van der Waals surface area contributed by atoms with Crippen LogP contribution in [0, 0.1) is 6.92 Å². The molecule has 1 saturated heterocycles. The van der Waals surface area contributed by atoms with E-state index in [1.807, 2.05) is 47.4 Å². The summed E-state index contributed by atoms with van der Waals surface area (Å²) < 4.78 is 2.92. The monoisotopic (exact) mass is 435 g/mol. The molecule has 1 aromatic carbocycles. The number of carbonyl (C=O) groups is 1. The predicted molar refractivity (Wildman–Crippen MR) is 116 cm³/mol. The molecule has 148 valence electrons. The van der Waals surface area contributed by atoms with Gasteiger partial charge < -0.3 is 10.6 Å². The van der Waals surface area contributed by atoms with Crippen LogP contribution in [-0.2, 0) is 0 Å². The van der Waals surface area contributed by atoms with Crippen LogP contribution in [0.3, 0.4) is 0 Å². The van der Waals surface area contributed by atoms with Crippen molar-refractivity contribution < 1.29 is 4.79 Å². The molecule has 9 heteroatoms. The van der Waals surface area contributed by atoms with Crippen molar-refractivity contribution >= 4 is 47.1 Å². The minimum absolute atomic E-state index is 0. The molecule has 3 heterocycles. The molecule has 2 N–H and O–H groups in total. The first-order valence-corrected chi connectivity index (χ1v) is 10.6. The first-order chi connectivity index (χ1) is 13.2. The van der Waals surface area contributed by atoms with Gasteiger partial charge in [0.15, 0.2) is 10.0 Å². The molecule has 3 aromatic rings. The summed E-state index contributed by atoms with van der Waals surface area (Å²) >= 11 is 3.26. The number of hydrogen-bond acceptors (Lipinski definition) is 6. The Bertz CT molecular complexity index is 919. The third-order valence-corrected chi connectivity index (χ3v) is 6.47. The van der Waals surface area contributed by atoms with E-state index in [2.05, 4.69) is 20.7 Å². The average Bonchev–Trinajstić information content (AvgIpc) is 3.33.